The van der Waals surface area contributed by atoms with E-state index in [9.17, 15) is 24.0 Å². The maximum atomic E-state index is 14.1. The first kappa shape index (κ1) is 35.0. The van der Waals surface area contributed by atoms with Crippen molar-refractivity contribution in [3.05, 3.63) is 47.7 Å². The summed E-state index contributed by atoms with van der Waals surface area (Å²) in [5.41, 5.74) is 4.19. The number of esters is 2. The molecule has 3 aliphatic rings. The Bertz CT molecular complexity index is 1580. The van der Waals surface area contributed by atoms with Crippen LogP contribution in [0.3, 0.4) is 0 Å². The minimum absolute atomic E-state index is 0.252. The third kappa shape index (κ3) is 7.86. The number of carbonyl (C=O) groups excluding carboxylic acids is 5. The fourth-order valence-electron chi connectivity index (χ4n) is 6.52. The molecule has 1 saturated heterocycles. The second kappa shape index (κ2) is 14.8. The maximum absolute atomic E-state index is 14.1. The molecule has 1 unspecified atom stereocenters. The lowest BCUT2D eigenvalue weighted by Gasteiger charge is -2.37. The average Bonchev–Trinajstić information content (AvgIpc) is 3.08. The van der Waals surface area contributed by atoms with Crippen LogP contribution in [0.25, 0.3) is 17.0 Å². The van der Waals surface area contributed by atoms with Crippen LogP contribution in [0.15, 0.2) is 36.4 Å². The lowest BCUT2D eigenvalue weighted by Crippen LogP contribution is -2.61. The molecule has 3 N–H and O–H groups in total. The molecule has 12 heteroatoms. The van der Waals surface area contributed by atoms with E-state index in [4.69, 9.17) is 14.5 Å². The van der Waals surface area contributed by atoms with Crippen LogP contribution >= 0.6 is 0 Å². The first-order valence-corrected chi connectivity index (χ1v) is 17.1. The molecule has 0 radical (unpaired) electrons. The van der Waals surface area contributed by atoms with Gasteiger partial charge in [-0.15, -0.1) is 0 Å². The summed E-state index contributed by atoms with van der Waals surface area (Å²) >= 11 is 0. The molecule has 1 aromatic heterocycles. The van der Waals surface area contributed by atoms with Gasteiger partial charge in [-0.1, -0.05) is 51.1 Å². The van der Waals surface area contributed by atoms with Crippen molar-refractivity contribution in [2.75, 3.05) is 6.54 Å². The first-order valence-electron chi connectivity index (χ1n) is 17.1. The lowest BCUT2D eigenvalue weighted by molar-refractivity contribution is -0.170. The number of hydrazine groups is 1. The van der Waals surface area contributed by atoms with Gasteiger partial charge in [0.05, 0.1) is 22.7 Å². The molecule has 2 aromatic rings. The van der Waals surface area contributed by atoms with Gasteiger partial charge in [0.15, 0.2) is 6.10 Å². The predicted molar refractivity (Wildman–Crippen MR) is 179 cm³/mol. The third-order valence-electron chi connectivity index (χ3n) is 9.55. The quantitative estimate of drug-likeness (QED) is 0.416. The number of nitrogens with zero attached hydrogens (tertiary/aromatic N) is 2. The van der Waals surface area contributed by atoms with E-state index in [0.717, 1.165) is 16.5 Å². The largest absolute Gasteiger partial charge is 0.462 e. The summed E-state index contributed by atoms with van der Waals surface area (Å²) in [5, 5.41) is 8.06. The van der Waals surface area contributed by atoms with Crippen LogP contribution in [0.5, 0.6) is 0 Å². The zero-order chi connectivity index (χ0) is 34.6. The molecule has 4 atom stereocenters. The minimum Gasteiger partial charge on any atom is -0.462 e. The predicted octanol–water partition coefficient (Wildman–Crippen LogP) is 3.89. The molecule has 5 bridgehead atoms. The van der Waals surface area contributed by atoms with Crippen molar-refractivity contribution >= 4 is 46.6 Å². The fraction of sp³-hybridized carbons (Fsp3) is 0.556. The van der Waals surface area contributed by atoms with Gasteiger partial charge < -0.3 is 20.1 Å². The van der Waals surface area contributed by atoms with Gasteiger partial charge in [-0.3, -0.25) is 34.0 Å². The van der Waals surface area contributed by atoms with Crippen LogP contribution in [0, 0.1) is 11.3 Å². The molecule has 48 heavy (non-hydrogen) atoms. The van der Waals surface area contributed by atoms with Crippen LogP contribution in [-0.2, 0) is 33.4 Å². The van der Waals surface area contributed by atoms with E-state index in [-0.39, 0.29) is 30.3 Å². The van der Waals surface area contributed by atoms with E-state index < -0.39 is 47.4 Å². The van der Waals surface area contributed by atoms with Crippen molar-refractivity contribution < 1.29 is 33.4 Å². The average molecular weight is 662 g/mol. The summed E-state index contributed by atoms with van der Waals surface area (Å²) in [4.78, 5) is 71.2. The summed E-state index contributed by atoms with van der Waals surface area (Å²) in [6.07, 6.45) is 5.31. The fourth-order valence-corrected chi connectivity index (χ4v) is 6.52. The van der Waals surface area contributed by atoms with E-state index in [1.54, 1.807) is 27.7 Å². The molecule has 5 rings (SSSR count). The lowest BCUT2D eigenvalue weighted by atomic mass is 9.72. The van der Waals surface area contributed by atoms with Gasteiger partial charge in [0.25, 0.3) is 11.8 Å². The highest BCUT2D eigenvalue weighted by Crippen LogP contribution is 2.41. The number of ether oxygens (including phenoxy) is 2. The van der Waals surface area contributed by atoms with Gasteiger partial charge in [-0.2, -0.15) is 0 Å². The number of fused-ring (bicyclic) bond motifs is 4. The van der Waals surface area contributed by atoms with Gasteiger partial charge in [0.1, 0.15) is 18.2 Å². The van der Waals surface area contributed by atoms with Gasteiger partial charge in [-0.05, 0) is 76.0 Å². The summed E-state index contributed by atoms with van der Waals surface area (Å²) in [7, 11) is 0. The Morgan fingerprint density at radius 1 is 1.02 bits per heavy atom. The van der Waals surface area contributed by atoms with E-state index in [1.807, 2.05) is 49.4 Å². The molecule has 258 valence electrons. The standard InChI is InChI=1S/C36H47N5O7/c1-6-30(42)47-26-14-17-36(18-15-26)16-13-24-9-10-25-11-12-27(39-29(25)20-24)22(4)37-32(43)28-8-7-19-41(40-28)34(45)23(5)38-33(44)31(21(2)3)48-35(36)46/h9-13,16,20-23,26,28,31,40H,6-8,14-15,17-19H2,1-5H3,(H,37,43)(H,38,44)/b16-13+/t22-,23+,26-,28+,31?,36-/m1/s1. The number of aromatic nitrogens is 1. The number of pyridine rings is 1. The number of amides is 3. The van der Waals surface area contributed by atoms with Crippen molar-refractivity contribution in [3.8, 4) is 0 Å². The van der Waals surface area contributed by atoms with Gasteiger partial charge in [0.2, 0.25) is 5.91 Å². The topological polar surface area (TPSA) is 156 Å². The summed E-state index contributed by atoms with van der Waals surface area (Å²) in [6.45, 7) is 9.11. The Kier molecular flexibility index (Phi) is 10.8. The SMILES string of the molecule is CCC(=O)O[C@H]1CC[C@@]2(/C=C/c3ccc4ccc(nc4c3)[C@@H](C)NC(=O)[C@@H]3CCCN(N3)C(=O)[C@H](C)NC(=O)C(C(C)C)OC2=O)CC1. The van der Waals surface area contributed by atoms with Crippen LogP contribution < -0.4 is 16.1 Å². The normalized spacial score (nSPS) is 29.7. The number of carbonyl (C=O) groups is 5. The molecule has 1 aliphatic carbocycles. The number of rotatable bonds is 3. The molecule has 2 aliphatic heterocycles. The molecule has 1 spiro atoms. The van der Waals surface area contributed by atoms with Gasteiger partial charge in [0, 0.05) is 18.4 Å². The molecule has 1 saturated carbocycles. The van der Waals surface area contributed by atoms with E-state index in [2.05, 4.69) is 16.1 Å². The molecule has 3 amide bonds. The highest BCUT2D eigenvalue weighted by atomic mass is 16.6. The zero-order valence-electron chi connectivity index (χ0n) is 28.4. The Hall–Kier alpha value is -4.32. The van der Waals surface area contributed by atoms with Crippen LogP contribution in [0.2, 0.25) is 0 Å². The van der Waals surface area contributed by atoms with Gasteiger partial charge >= 0.3 is 11.9 Å². The van der Waals surface area contributed by atoms with Crippen molar-refractivity contribution in [2.45, 2.75) is 110 Å². The Morgan fingerprint density at radius 3 is 2.44 bits per heavy atom. The van der Waals surface area contributed by atoms with Crippen LogP contribution in [0.4, 0.5) is 0 Å². The highest BCUT2D eigenvalue weighted by Gasteiger charge is 2.44. The maximum Gasteiger partial charge on any atom is 0.316 e. The van der Waals surface area contributed by atoms with E-state index in [0.29, 0.717) is 50.8 Å². The molecule has 1 aromatic carbocycles. The van der Waals surface area contributed by atoms with Crippen molar-refractivity contribution in [3.63, 3.8) is 0 Å². The highest BCUT2D eigenvalue weighted by molar-refractivity contribution is 5.92. The molecule has 3 heterocycles. The van der Waals surface area contributed by atoms with Crippen molar-refractivity contribution in [1.29, 1.82) is 0 Å². The summed E-state index contributed by atoms with van der Waals surface area (Å²) in [5.74, 6) is -2.45. The Balaban J connectivity index is 1.51. The van der Waals surface area contributed by atoms with Crippen LogP contribution in [0.1, 0.15) is 96.9 Å². The molecule has 2 fully saturated rings. The molecule has 12 nitrogen and oxygen atoms in total. The van der Waals surface area contributed by atoms with Gasteiger partial charge in [-0.25, -0.2) is 5.43 Å². The number of benzene rings is 1. The number of hydrogen-bond donors (Lipinski definition) is 3. The zero-order valence-corrected chi connectivity index (χ0v) is 28.4. The second-order valence-electron chi connectivity index (χ2n) is 13.6. The van der Waals surface area contributed by atoms with Crippen molar-refractivity contribution in [1.82, 2.24) is 26.1 Å². The Labute approximate surface area is 281 Å². The third-order valence-corrected chi connectivity index (χ3v) is 9.55. The van der Waals surface area contributed by atoms with Crippen LogP contribution in [-0.4, -0.2) is 70.5 Å². The summed E-state index contributed by atoms with van der Waals surface area (Å²) in [6, 6.07) is 7.68. The second-order valence-corrected chi connectivity index (χ2v) is 13.6. The van der Waals surface area contributed by atoms with E-state index >= 15 is 0 Å². The molecular formula is C36H47N5O7. The first-order chi connectivity index (χ1) is 22.9. The monoisotopic (exact) mass is 661 g/mol. The van der Waals surface area contributed by atoms with E-state index in [1.165, 1.54) is 5.01 Å². The number of nitrogens with one attached hydrogen (secondary N) is 3. The summed E-state index contributed by atoms with van der Waals surface area (Å²) < 4.78 is 11.6. The minimum atomic E-state index is -1.15. The number of cyclic esters (lactones) is 1. The number of hydrogen-bond acceptors (Lipinski definition) is 9. The Morgan fingerprint density at radius 2 is 1.73 bits per heavy atom. The smallest absolute Gasteiger partial charge is 0.316 e. The van der Waals surface area contributed by atoms with Crippen molar-refractivity contribution in [2.24, 2.45) is 11.3 Å². The molecular weight excluding hydrogens is 614 g/mol.